The molecule has 1 amide bonds. The van der Waals surface area contributed by atoms with Crippen LogP contribution in [0.25, 0.3) is 10.6 Å². The highest BCUT2D eigenvalue weighted by molar-refractivity contribution is 7.13. The molecule has 0 aliphatic carbocycles. The zero-order chi connectivity index (χ0) is 20.5. The smallest absolute Gasteiger partial charge is 0.275 e. The van der Waals surface area contributed by atoms with E-state index in [1.54, 1.807) is 0 Å². The van der Waals surface area contributed by atoms with Gasteiger partial charge in [0.15, 0.2) is 0 Å². The first-order valence-electron chi connectivity index (χ1n) is 10.3. The van der Waals surface area contributed by atoms with Crippen LogP contribution in [0.1, 0.15) is 23.0 Å². The molecule has 0 spiro atoms. The summed E-state index contributed by atoms with van der Waals surface area (Å²) in [6.07, 6.45) is 0.920. The number of piperazine rings is 1. The van der Waals surface area contributed by atoms with Crippen LogP contribution < -0.4 is 20.3 Å². The summed E-state index contributed by atoms with van der Waals surface area (Å²) in [6.45, 7) is 5.67. The van der Waals surface area contributed by atoms with Crippen molar-refractivity contribution in [2.45, 2.75) is 19.4 Å². The maximum Gasteiger partial charge on any atom is 0.275 e. The molecule has 3 heterocycles. The maximum atomic E-state index is 12.9. The van der Waals surface area contributed by atoms with Gasteiger partial charge in [-0.3, -0.25) is 4.79 Å². The molecular weight excluding hydrogens is 396 g/mol. The molecule has 2 aliphatic rings. The zero-order valence-corrected chi connectivity index (χ0v) is 17.7. The third-order valence-electron chi connectivity index (χ3n) is 5.53. The number of fused-ring (bicyclic) bond motifs is 1. The van der Waals surface area contributed by atoms with Crippen LogP contribution in [0.15, 0.2) is 47.8 Å². The second kappa shape index (κ2) is 8.08. The first-order chi connectivity index (χ1) is 14.7. The lowest BCUT2D eigenvalue weighted by Crippen LogP contribution is -2.49. The van der Waals surface area contributed by atoms with Crippen molar-refractivity contribution in [2.24, 2.45) is 0 Å². The molecule has 7 heteroatoms. The summed E-state index contributed by atoms with van der Waals surface area (Å²) in [6, 6.07) is 14.5. The zero-order valence-electron chi connectivity index (χ0n) is 16.9. The Morgan fingerprint density at radius 2 is 2.20 bits per heavy atom. The Kier molecular flexibility index (Phi) is 5.14. The summed E-state index contributed by atoms with van der Waals surface area (Å²) in [5.41, 5.74) is 4.54. The lowest BCUT2D eigenvalue weighted by molar-refractivity contribution is 0.102. The predicted molar refractivity (Wildman–Crippen MR) is 121 cm³/mol. The molecule has 6 nitrogen and oxygen atoms in total. The number of nitrogens with zero attached hydrogens (tertiary/aromatic N) is 2. The second-order valence-electron chi connectivity index (χ2n) is 7.73. The molecule has 1 fully saturated rings. The van der Waals surface area contributed by atoms with Crippen LogP contribution in [0.2, 0.25) is 0 Å². The highest BCUT2D eigenvalue weighted by Gasteiger charge is 2.20. The van der Waals surface area contributed by atoms with Gasteiger partial charge in [-0.05, 0) is 42.8 Å². The van der Waals surface area contributed by atoms with Gasteiger partial charge < -0.3 is 20.3 Å². The van der Waals surface area contributed by atoms with Gasteiger partial charge in [-0.1, -0.05) is 12.1 Å². The topological polar surface area (TPSA) is 66.5 Å². The van der Waals surface area contributed by atoms with Crippen LogP contribution >= 0.6 is 11.3 Å². The van der Waals surface area contributed by atoms with Crippen molar-refractivity contribution >= 4 is 28.6 Å². The normalized spacial score (nSPS) is 18.0. The van der Waals surface area contributed by atoms with E-state index in [1.165, 1.54) is 16.9 Å². The molecular formula is C23H24N4O2S. The summed E-state index contributed by atoms with van der Waals surface area (Å²) >= 11 is 1.49. The Morgan fingerprint density at radius 1 is 1.30 bits per heavy atom. The Morgan fingerprint density at radius 3 is 3.10 bits per heavy atom. The van der Waals surface area contributed by atoms with Crippen LogP contribution in [0.4, 0.5) is 11.4 Å². The number of nitrogens with one attached hydrogen (secondary N) is 2. The van der Waals surface area contributed by atoms with Gasteiger partial charge >= 0.3 is 0 Å². The average Bonchev–Trinajstić information content (AvgIpc) is 3.43. The van der Waals surface area contributed by atoms with E-state index in [1.807, 2.05) is 35.7 Å². The van der Waals surface area contributed by atoms with Gasteiger partial charge in [-0.15, -0.1) is 11.3 Å². The molecule has 0 bridgehead atoms. The number of carbonyl (C=O) groups is 1. The average molecular weight is 421 g/mol. The molecule has 1 saturated heterocycles. The minimum Gasteiger partial charge on any atom is -0.493 e. The molecule has 3 aromatic rings. The van der Waals surface area contributed by atoms with Gasteiger partial charge in [0.1, 0.15) is 16.5 Å². The second-order valence-corrected chi connectivity index (χ2v) is 8.59. The maximum absolute atomic E-state index is 12.9. The van der Waals surface area contributed by atoms with E-state index in [2.05, 4.69) is 39.6 Å². The summed E-state index contributed by atoms with van der Waals surface area (Å²) < 4.78 is 5.58. The van der Waals surface area contributed by atoms with E-state index in [-0.39, 0.29) is 5.91 Å². The van der Waals surface area contributed by atoms with Gasteiger partial charge in [0, 0.05) is 43.0 Å². The third-order valence-corrected chi connectivity index (χ3v) is 6.43. The van der Waals surface area contributed by atoms with Crippen molar-refractivity contribution in [3.05, 3.63) is 59.1 Å². The van der Waals surface area contributed by atoms with Crippen molar-refractivity contribution < 1.29 is 9.53 Å². The summed E-state index contributed by atoms with van der Waals surface area (Å²) in [5.74, 6) is 0.768. The number of rotatable bonds is 4. The van der Waals surface area contributed by atoms with Crippen molar-refractivity contribution in [2.75, 3.05) is 36.5 Å². The van der Waals surface area contributed by atoms with Gasteiger partial charge in [-0.2, -0.15) is 0 Å². The number of ether oxygens (including phenoxy) is 1. The van der Waals surface area contributed by atoms with E-state index in [0.717, 1.165) is 60.4 Å². The minimum absolute atomic E-state index is 0.183. The van der Waals surface area contributed by atoms with Gasteiger partial charge in [0.2, 0.25) is 0 Å². The minimum atomic E-state index is -0.183. The summed E-state index contributed by atoms with van der Waals surface area (Å²) in [7, 11) is 0. The first-order valence-corrected chi connectivity index (χ1v) is 11.2. The van der Waals surface area contributed by atoms with Crippen molar-refractivity contribution in [1.29, 1.82) is 0 Å². The number of benzene rings is 2. The molecule has 2 aliphatic heterocycles. The Balaban J connectivity index is 1.34. The Hall–Kier alpha value is -2.90. The number of anilines is 2. The number of hydrogen-bond acceptors (Lipinski definition) is 6. The first kappa shape index (κ1) is 19.1. The molecule has 154 valence electrons. The molecule has 1 aromatic heterocycles. The molecule has 1 unspecified atom stereocenters. The quantitative estimate of drug-likeness (QED) is 0.672. The molecule has 0 radical (unpaired) electrons. The van der Waals surface area contributed by atoms with E-state index in [4.69, 9.17) is 4.74 Å². The molecule has 2 aromatic carbocycles. The number of amides is 1. The number of hydrogen-bond donors (Lipinski definition) is 2. The van der Waals surface area contributed by atoms with Crippen molar-refractivity contribution in [3.8, 4) is 16.3 Å². The monoisotopic (exact) mass is 420 g/mol. The fourth-order valence-corrected chi connectivity index (χ4v) is 4.82. The SMILES string of the molecule is CC1CN(c2ccccc2NC(=O)c2csc(-c3ccc4c(c3)CCO4)n2)CCN1. The fourth-order valence-electron chi connectivity index (χ4n) is 4.02. The molecule has 1 atom stereocenters. The third kappa shape index (κ3) is 3.78. The number of thiazole rings is 1. The van der Waals surface area contributed by atoms with Crippen LogP contribution in [0.5, 0.6) is 5.75 Å². The van der Waals surface area contributed by atoms with Gasteiger partial charge in [0.05, 0.1) is 18.0 Å². The van der Waals surface area contributed by atoms with E-state index in [0.29, 0.717) is 11.7 Å². The van der Waals surface area contributed by atoms with Crippen LogP contribution in [-0.2, 0) is 6.42 Å². The lowest BCUT2D eigenvalue weighted by Gasteiger charge is -2.34. The molecule has 5 rings (SSSR count). The van der Waals surface area contributed by atoms with Gasteiger partial charge in [-0.25, -0.2) is 4.98 Å². The largest absolute Gasteiger partial charge is 0.493 e. The number of aromatic nitrogens is 1. The van der Waals surface area contributed by atoms with Crippen molar-refractivity contribution in [3.63, 3.8) is 0 Å². The van der Waals surface area contributed by atoms with Crippen LogP contribution in [0.3, 0.4) is 0 Å². The van der Waals surface area contributed by atoms with E-state index < -0.39 is 0 Å². The van der Waals surface area contributed by atoms with Crippen molar-refractivity contribution in [1.82, 2.24) is 10.3 Å². The summed E-state index contributed by atoms with van der Waals surface area (Å²) in [4.78, 5) is 19.8. The Labute approximate surface area is 179 Å². The van der Waals surface area contributed by atoms with E-state index >= 15 is 0 Å². The van der Waals surface area contributed by atoms with E-state index in [9.17, 15) is 4.79 Å². The predicted octanol–water partition coefficient (Wildman–Crippen LogP) is 3.80. The lowest BCUT2D eigenvalue weighted by atomic mass is 10.1. The van der Waals surface area contributed by atoms with Gasteiger partial charge in [0.25, 0.3) is 5.91 Å². The number of carbonyl (C=O) groups excluding carboxylic acids is 1. The highest BCUT2D eigenvalue weighted by atomic mass is 32.1. The number of para-hydroxylation sites is 2. The fraction of sp³-hybridized carbons (Fsp3) is 0.304. The molecule has 30 heavy (non-hydrogen) atoms. The standard InChI is InChI=1S/C23H24N4O2S/c1-15-13-27(10-9-24-15)20-5-3-2-4-18(20)25-22(28)19-14-30-23(26-19)17-6-7-21-16(12-17)8-11-29-21/h2-7,12,14-15,24H,8-11,13H2,1H3,(H,25,28). The van der Waals surface area contributed by atoms with Crippen LogP contribution in [-0.4, -0.2) is 43.2 Å². The molecule has 0 saturated carbocycles. The summed E-state index contributed by atoms with van der Waals surface area (Å²) in [5, 5.41) is 9.19. The van der Waals surface area contributed by atoms with Crippen LogP contribution in [0, 0.1) is 0 Å². The Bertz CT molecular complexity index is 1080. The molecule has 2 N–H and O–H groups in total. The highest BCUT2D eigenvalue weighted by Crippen LogP contribution is 2.32.